The molecular weight excluding hydrogens is 158 g/mol. The molecule has 62 valence electrons. The molecule has 0 bridgehead atoms. The molecule has 0 N–H and O–H groups in total. The third-order valence-electron chi connectivity index (χ3n) is 1.01. The number of oxazole rings is 1. The van der Waals surface area contributed by atoms with E-state index in [9.17, 15) is 4.79 Å². The highest BCUT2D eigenvalue weighted by Crippen LogP contribution is 1.92. The first-order chi connectivity index (χ1) is 5.93. The molecule has 0 atom stereocenters. The van der Waals surface area contributed by atoms with Gasteiger partial charge in [-0.1, -0.05) is 0 Å². The number of hydrogen-bond acceptors (Lipinski definition) is 4. The zero-order valence-electron chi connectivity index (χ0n) is 6.21. The molecule has 2 aromatic heterocycles. The van der Waals surface area contributed by atoms with Gasteiger partial charge in [0.25, 0.3) is 0 Å². The van der Waals surface area contributed by atoms with Gasteiger partial charge in [0.2, 0.25) is 0 Å². The molecule has 4 heteroatoms. The molecule has 2 heterocycles. The van der Waals surface area contributed by atoms with E-state index in [0.29, 0.717) is 12.0 Å². The zero-order chi connectivity index (χ0) is 8.65. The van der Waals surface area contributed by atoms with Gasteiger partial charge in [0.1, 0.15) is 6.26 Å². The summed E-state index contributed by atoms with van der Waals surface area (Å²) in [5.41, 5.74) is 0. The minimum Gasteiger partial charge on any atom is -0.462 e. The number of furan rings is 1. The highest BCUT2D eigenvalue weighted by molar-refractivity contribution is 5.69. The number of nitrogens with zero attached hydrogens (tertiary/aromatic N) is 1. The average Bonchev–Trinajstić information content (AvgIpc) is 2.81. The molecule has 2 aromatic rings. The van der Waals surface area contributed by atoms with Gasteiger partial charge >= 0.3 is 0 Å². The molecule has 0 unspecified atom stereocenters. The quantitative estimate of drug-likeness (QED) is 0.604. The monoisotopic (exact) mass is 165 g/mol. The maximum atomic E-state index is 9.77. The smallest absolute Gasteiger partial charge is 0.185 e. The summed E-state index contributed by atoms with van der Waals surface area (Å²) in [7, 11) is 0. The summed E-state index contributed by atoms with van der Waals surface area (Å²) >= 11 is 0. The van der Waals surface area contributed by atoms with Crippen molar-refractivity contribution in [2.45, 2.75) is 0 Å². The number of hydrogen-bond donors (Lipinski definition) is 0. The minimum absolute atomic E-state index is 0.375. The van der Waals surface area contributed by atoms with E-state index in [1.807, 2.05) is 0 Å². The predicted molar refractivity (Wildman–Crippen MR) is 40.6 cm³/mol. The van der Waals surface area contributed by atoms with Gasteiger partial charge in [0.05, 0.1) is 12.5 Å². The highest BCUT2D eigenvalue weighted by Gasteiger charge is 1.84. The van der Waals surface area contributed by atoms with Crippen molar-refractivity contribution in [2.75, 3.05) is 0 Å². The van der Waals surface area contributed by atoms with Crippen LogP contribution in [0.15, 0.2) is 46.1 Å². The molecule has 0 fully saturated rings. The number of rotatable bonds is 1. The van der Waals surface area contributed by atoms with Crippen molar-refractivity contribution in [1.82, 2.24) is 4.98 Å². The highest BCUT2D eigenvalue weighted by atomic mass is 16.3. The van der Waals surface area contributed by atoms with Crippen LogP contribution in [0.2, 0.25) is 0 Å². The molecule has 4 nitrogen and oxygen atoms in total. The van der Waals surface area contributed by atoms with Crippen molar-refractivity contribution in [1.29, 1.82) is 0 Å². The fourth-order valence-corrected chi connectivity index (χ4v) is 0.534. The Morgan fingerprint density at radius 3 is 2.58 bits per heavy atom. The van der Waals surface area contributed by atoms with Gasteiger partial charge in [-0.3, -0.25) is 4.79 Å². The van der Waals surface area contributed by atoms with Crippen LogP contribution in [0, 0.1) is 0 Å². The molecule has 0 radical (unpaired) electrons. The van der Waals surface area contributed by atoms with E-state index in [1.54, 1.807) is 18.3 Å². The van der Waals surface area contributed by atoms with Crippen LogP contribution in [0.5, 0.6) is 0 Å². The largest absolute Gasteiger partial charge is 0.462 e. The summed E-state index contributed by atoms with van der Waals surface area (Å²) in [6, 6.07) is 3.27. The van der Waals surface area contributed by atoms with E-state index in [0.717, 1.165) is 0 Å². The van der Waals surface area contributed by atoms with Crippen molar-refractivity contribution in [3.63, 3.8) is 0 Å². The molecule has 2 rings (SSSR count). The average molecular weight is 165 g/mol. The van der Waals surface area contributed by atoms with E-state index >= 15 is 0 Å². The first-order valence-corrected chi connectivity index (χ1v) is 3.24. The van der Waals surface area contributed by atoms with E-state index in [2.05, 4.69) is 13.8 Å². The molecule has 0 aliphatic heterocycles. The number of aromatic nitrogens is 1. The molecule has 0 saturated heterocycles. The van der Waals surface area contributed by atoms with Crippen molar-refractivity contribution in [3.05, 3.63) is 43.0 Å². The standard InChI is InChI=1S/C5H4O2.C3H3NO/c6-4-5-2-1-3-7-5;1-2-5-3-4-1/h1-4H;1-3H. The lowest BCUT2D eigenvalue weighted by atomic mass is 10.5. The van der Waals surface area contributed by atoms with Crippen LogP contribution < -0.4 is 0 Å². The summed E-state index contributed by atoms with van der Waals surface area (Å²) in [6.07, 6.45) is 6.60. The maximum absolute atomic E-state index is 9.77. The predicted octanol–water partition coefficient (Wildman–Crippen LogP) is 1.77. The molecule has 0 aliphatic carbocycles. The lowest BCUT2D eigenvalue weighted by Gasteiger charge is -1.68. The Morgan fingerprint density at radius 1 is 1.42 bits per heavy atom. The maximum Gasteiger partial charge on any atom is 0.185 e. The van der Waals surface area contributed by atoms with Crippen molar-refractivity contribution >= 4 is 6.29 Å². The van der Waals surface area contributed by atoms with Gasteiger partial charge in [-0.2, -0.15) is 0 Å². The number of aldehydes is 1. The van der Waals surface area contributed by atoms with Gasteiger partial charge in [-0.05, 0) is 12.1 Å². The molecule has 0 aliphatic rings. The van der Waals surface area contributed by atoms with E-state index < -0.39 is 0 Å². The van der Waals surface area contributed by atoms with Crippen LogP contribution in [0.3, 0.4) is 0 Å². The fraction of sp³-hybridized carbons (Fsp3) is 0. The van der Waals surface area contributed by atoms with Crippen LogP contribution in [0.4, 0.5) is 0 Å². The van der Waals surface area contributed by atoms with Crippen LogP contribution in [0.1, 0.15) is 10.6 Å². The van der Waals surface area contributed by atoms with Gasteiger partial charge in [0.15, 0.2) is 18.4 Å². The van der Waals surface area contributed by atoms with Gasteiger partial charge in [-0.25, -0.2) is 4.98 Å². The van der Waals surface area contributed by atoms with Crippen LogP contribution in [-0.2, 0) is 0 Å². The Labute approximate surface area is 68.8 Å². The summed E-state index contributed by atoms with van der Waals surface area (Å²) in [5.74, 6) is 0.375. The lowest BCUT2D eigenvalue weighted by molar-refractivity contribution is 0.110. The Kier molecular flexibility index (Phi) is 3.37. The first kappa shape index (κ1) is 8.26. The second kappa shape index (κ2) is 4.90. The topological polar surface area (TPSA) is 56.2 Å². The van der Waals surface area contributed by atoms with Gasteiger partial charge in [-0.15, -0.1) is 0 Å². The number of carbonyl (C=O) groups is 1. The Hall–Kier alpha value is -1.84. The van der Waals surface area contributed by atoms with E-state index in [4.69, 9.17) is 0 Å². The Morgan fingerprint density at radius 2 is 2.33 bits per heavy atom. The lowest BCUT2D eigenvalue weighted by Crippen LogP contribution is -1.65. The molecule has 0 aromatic carbocycles. The minimum atomic E-state index is 0.375. The van der Waals surface area contributed by atoms with Crippen LogP contribution in [0.25, 0.3) is 0 Å². The van der Waals surface area contributed by atoms with E-state index in [1.165, 1.54) is 18.9 Å². The summed E-state index contributed by atoms with van der Waals surface area (Å²) in [5, 5.41) is 0. The van der Waals surface area contributed by atoms with Gasteiger partial charge in [0, 0.05) is 0 Å². The molecule has 12 heavy (non-hydrogen) atoms. The second-order valence-electron chi connectivity index (χ2n) is 1.81. The van der Waals surface area contributed by atoms with Crippen LogP contribution >= 0.6 is 0 Å². The molecule has 0 amide bonds. The zero-order valence-corrected chi connectivity index (χ0v) is 6.21. The third-order valence-corrected chi connectivity index (χ3v) is 1.01. The summed E-state index contributed by atoms with van der Waals surface area (Å²) in [6.45, 7) is 0. The summed E-state index contributed by atoms with van der Waals surface area (Å²) in [4.78, 5) is 13.3. The normalized spacial score (nSPS) is 8.33. The molecule has 0 saturated carbocycles. The van der Waals surface area contributed by atoms with Crippen molar-refractivity contribution in [2.24, 2.45) is 0 Å². The van der Waals surface area contributed by atoms with E-state index in [-0.39, 0.29) is 0 Å². The SMILES string of the molecule is O=Cc1ccco1.c1cocn1. The molecule has 0 spiro atoms. The summed E-state index contributed by atoms with van der Waals surface area (Å²) < 4.78 is 9.09. The first-order valence-electron chi connectivity index (χ1n) is 3.24. The Bertz CT molecular complexity index is 269. The van der Waals surface area contributed by atoms with Crippen molar-refractivity contribution in [3.8, 4) is 0 Å². The second-order valence-corrected chi connectivity index (χ2v) is 1.81. The number of carbonyl (C=O) groups excluding carboxylic acids is 1. The van der Waals surface area contributed by atoms with Crippen molar-refractivity contribution < 1.29 is 13.6 Å². The Balaban J connectivity index is 0.000000127. The fourth-order valence-electron chi connectivity index (χ4n) is 0.534. The third kappa shape index (κ3) is 2.83. The molecular formula is C8H7NO3. The van der Waals surface area contributed by atoms with Crippen LogP contribution in [-0.4, -0.2) is 11.3 Å². The van der Waals surface area contributed by atoms with Gasteiger partial charge < -0.3 is 8.83 Å².